The minimum absolute atomic E-state index is 0.0342. The Bertz CT molecular complexity index is 943. The molecule has 2 aromatic rings. The van der Waals surface area contributed by atoms with Crippen molar-refractivity contribution in [1.29, 1.82) is 0 Å². The predicted octanol–water partition coefficient (Wildman–Crippen LogP) is 4.13. The van der Waals surface area contributed by atoms with E-state index in [1.165, 1.54) is 12.8 Å². The Balaban J connectivity index is 1.54. The average Bonchev–Trinajstić information content (AvgIpc) is 3.32. The van der Waals surface area contributed by atoms with Crippen LogP contribution in [0.4, 0.5) is 0 Å². The van der Waals surface area contributed by atoms with Crippen molar-refractivity contribution in [3.63, 3.8) is 0 Å². The highest BCUT2D eigenvalue weighted by molar-refractivity contribution is 6.02. The van der Waals surface area contributed by atoms with Crippen LogP contribution in [-0.4, -0.2) is 18.7 Å². The summed E-state index contributed by atoms with van der Waals surface area (Å²) in [7, 11) is 0. The number of ether oxygens (including phenoxy) is 1. The second-order valence-electron chi connectivity index (χ2n) is 7.76. The fraction of sp³-hybridized carbons (Fsp3) is 0.391. The Labute approximate surface area is 160 Å². The van der Waals surface area contributed by atoms with Gasteiger partial charge in [-0.05, 0) is 41.0 Å². The standard InChI is InChI=1S/C23H24N2O2/c1-3-14-27-20-12-11-16-8-4-5-9-17(16)18(20)15-24-25-22(26)21-19-10-6-7-13-23(19,21)2/h1,4-5,8-9,11-12,15,19,21H,6-7,10,13-14H2,2H3,(H,25,26). The summed E-state index contributed by atoms with van der Waals surface area (Å²) < 4.78 is 5.66. The summed E-state index contributed by atoms with van der Waals surface area (Å²) in [5, 5.41) is 6.35. The molecule has 3 unspecified atom stereocenters. The van der Waals surface area contributed by atoms with Gasteiger partial charge >= 0.3 is 0 Å². The van der Waals surface area contributed by atoms with E-state index in [0.29, 0.717) is 11.7 Å². The van der Waals surface area contributed by atoms with Gasteiger partial charge in [-0.25, -0.2) is 5.43 Å². The molecule has 138 valence electrons. The van der Waals surface area contributed by atoms with Gasteiger partial charge in [0.1, 0.15) is 12.4 Å². The molecule has 0 bridgehead atoms. The van der Waals surface area contributed by atoms with Crippen molar-refractivity contribution in [3.05, 3.63) is 42.0 Å². The lowest BCUT2D eigenvalue weighted by Crippen LogP contribution is -2.22. The van der Waals surface area contributed by atoms with Crippen molar-refractivity contribution < 1.29 is 9.53 Å². The van der Waals surface area contributed by atoms with Crippen molar-refractivity contribution in [2.45, 2.75) is 32.6 Å². The van der Waals surface area contributed by atoms with Crippen molar-refractivity contribution in [1.82, 2.24) is 5.43 Å². The molecule has 1 amide bonds. The number of benzene rings is 2. The van der Waals surface area contributed by atoms with Crippen LogP contribution in [0.5, 0.6) is 5.75 Å². The third-order valence-corrected chi connectivity index (χ3v) is 6.22. The molecule has 2 aromatic carbocycles. The first kappa shape index (κ1) is 17.6. The van der Waals surface area contributed by atoms with Crippen LogP contribution in [0.2, 0.25) is 0 Å². The molecular weight excluding hydrogens is 336 g/mol. The molecule has 2 saturated carbocycles. The molecule has 3 atom stereocenters. The third kappa shape index (κ3) is 3.19. The summed E-state index contributed by atoms with van der Waals surface area (Å²) >= 11 is 0. The third-order valence-electron chi connectivity index (χ3n) is 6.22. The minimum atomic E-state index is 0.0342. The molecule has 0 aromatic heterocycles. The maximum atomic E-state index is 12.6. The van der Waals surface area contributed by atoms with Crippen molar-refractivity contribution in [2.75, 3.05) is 6.61 Å². The van der Waals surface area contributed by atoms with Crippen LogP contribution in [0.3, 0.4) is 0 Å². The number of carbonyl (C=O) groups excluding carboxylic acids is 1. The van der Waals surface area contributed by atoms with E-state index in [-0.39, 0.29) is 23.8 Å². The van der Waals surface area contributed by atoms with E-state index in [1.807, 2.05) is 36.4 Å². The zero-order valence-corrected chi connectivity index (χ0v) is 15.6. The topological polar surface area (TPSA) is 50.7 Å². The SMILES string of the molecule is C#CCOc1ccc2ccccc2c1C=NNC(=O)C1C2CCCCC21C. The van der Waals surface area contributed by atoms with Gasteiger partial charge in [-0.3, -0.25) is 4.79 Å². The van der Waals surface area contributed by atoms with Gasteiger partial charge < -0.3 is 4.74 Å². The zero-order valence-electron chi connectivity index (χ0n) is 15.6. The Morgan fingerprint density at radius 1 is 1.37 bits per heavy atom. The molecule has 0 heterocycles. The fourth-order valence-corrected chi connectivity index (χ4v) is 4.73. The van der Waals surface area contributed by atoms with Crippen molar-refractivity contribution in [3.8, 4) is 18.1 Å². The van der Waals surface area contributed by atoms with Crippen LogP contribution in [0.25, 0.3) is 10.8 Å². The Morgan fingerprint density at radius 2 is 2.22 bits per heavy atom. The number of carbonyl (C=O) groups is 1. The van der Waals surface area contributed by atoms with E-state index in [4.69, 9.17) is 11.2 Å². The first-order valence-corrected chi connectivity index (χ1v) is 9.56. The van der Waals surface area contributed by atoms with Crippen molar-refractivity contribution >= 4 is 22.9 Å². The molecule has 0 radical (unpaired) electrons. The van der Waals surface area contributed by atoms with Gasteiger partial charge in [0.25, 0.3) is 0 Å². The molecule has 27 heavy (non-hydrogen) atoms. The molecule has 2 fully saturated rings. The second-order valence-corrected chi connectivity index (χ2v) is 7.76. The number of terminal acetylenes is 1. The van der Waals surface area contributed by atoms with Crippen LogP contribution in [0.1, 0.15) is 38.2 Å². The van der Waals surface area contributed by atoms with Gasteiger partial charge in [0, 0.05) is 11.5 Å². The lowest BCUT2D eigenvalue weighted by atomic mass is 9.90. The highest BCUT2D eigenvalue weighted by Crippen LogP contribution is 2.66. The first-order valence-electron chi connectivity index (χ1n) is 9.56. The number of rotatable bonds is 5. The van der Waals surface area contributed by atoms with E-state index >= 15 is 0 Å². The number of amides is 1. The zero-order chi connectivity index (χ0) is 18.9. The normalized spacial score (nSPS) is 26.4. The molecule has 0 aliphatic heterocycles. The molecule has 2 aliphatic carbocycles. The highest BCUT2D eigenvalue weighted by atomic mass is 16.5. The quantitative estimate of drug-likeness (QED) is 0.495. The highest BCUT2D eigenvalue weighted by Gasteiger charge is 2.64. The summed E-state index contributed by atoms with van der Waals surface area (Å²) in [5.74, 6) is 3.80. The summed E-state index contributed by atoms with van der Waals surface area (Å²) in [6.07, 6.45) is 11.8. The van der Waals surface area contributed by atoms with E-state index in [2.05, 4.69) is 23.4 Å². The lowest BCUT2D eigenvalue weighted by Gasteiger charge is -2.15. The van der Waals surface area contributed by atoms with Gasteiger partial charge in [0.05, 0.1) is 6.21 Å². The van der Waals surface area contributed by atoms with E-state index in [9.17, 15) is 4.79 Å². The Kier molecular flexibility index (Phi) is 4.61. The number of hydrazone groups is 1. The molecule has 0 saturated heterocycles. The maximum absolute atomic E-state index is 12.6. The second kappa shape index (κ2) is 7.08. The monoisotopic (exact) mass is 360 g/mol. The molecule has 1 N–H and O–H groups in total. The average molecular weight is 360 g/mol. The van der Waals surface area contributed by atoms with Crippen LogP contribution in [0.15, 0.2) is 41.5 Å². The molecule has 4 heteroatoms. The number of hydrogen-bond acceptors (Lipinski definition) is 3. The van der Waals surface area contributed by atoms with Crippen LogP contribution >= 0.6 is 0 Å². The molecule has 0 spiro atoms. The summed E-state index contributed by atoms with van der Waals surface area (Å²) in [4.78, 5) is 12.6. The first-order chi connectivity index (χ1) is 13.1. The Hall–Kier alpha value is -2.80. The van der Waals surface area contributed by atoms with Crippen LogP contribution in [0, 0.1) is 29.6 Å². The van der Waals surface area contributed by atoms with Crippen LogP contribution < -0.4 is 10.2 Å². The Morgan fingerprint density at radius 3 is 3.00 bits per heavy atom. The minimum Gasteiger partial charge on any atom is -0.480 e. The molecular formula is C23H24N2O2. The van der Waals surface area contributed by atoms with E-state index in [1.54, 1.807) is 6.21 Å². The van der Waals surface area contributed by atoms with E-state index < -0.39 is 0 Å². The van der Waals surface area contributed by atoms with Gasteiger partial charge in [0.2, 0.25) is 5.91 Å². The maximum Gasteiger partial charge on any atom is 0.244 e. The number of nitrogens with one attached hydrogen (secondary N) is 1. The number of fused-ring (bicyclic) bond motifs is 2. The van der Waals surface area contributed by atoms with Crippen molar-refractivity contribution in [2.24, 2.45) is 22.4 Å². The van der Waals surface area contributed by atoms with Gasteiger partial charge in [-0.2, -0.15) is 5.10 Å². The van der Waals surface area contributed by atoms with Crippen LogP contribution in [-0.2, 0) is 4.79 Å². The molecule has 4 nitrogen and oxygen atoms in total. The number of nitrogens with zero attached hydrogens (tertiary/aromatic N) is 1. The summed E-state index contributed by atoms with van der Waals surface area (Å²) in [6.45, 7) is 2.43. The molecule has 2 aliphatic rings. The van der Waals surface area contributed by atoms with E-state index in [0.717, 1.165) is 29.2 Å². The number of hydrogen-bond donors (Lipinski definition) is 1. The largest absolute Gasteiger partial charge is 0.480 e. The predicted molar refractivity (Wildman–Crippen MR) is 108 cm³/mol. The summed E-state index contributed by atoms with van der Waals surface area (Å²) in [6, 6.07) is 11.9. The fourth-order valence-electron chi connectivity index (χ4n) is 4.73. The smallest absolute Gasteiger partial charge is 0.244 e. The van der Waals surface area contributed by atoms with Gasteiger partial charge in [0.15, 0.2) is 0 Å². The molecule has 4 rings (SSSR count). The van der Waals surface area contributed by atoms with Gasteiger partial charge in [-0.1, -0.05) is 56.0 Å². The summed E-state index contributed by atoms with van der Waals surface area (Å²) in [5.41, 5.74) is 3.76. The van der Waals surface area contributed by atoms with Gasteiger partial charge in [-0.15, -0.1) is 6.42 Å². The lowest BCUT2D eigenvalue weighted by molar-refractivity contribution is -0.123.